The van der Waals surface area contributed by atoms with Gasteiger partial charge in [0, 0.05) is 23.4 Å². The second-order valence-corrected chi connectivity index (χ2v) is 6.85. The van der Waals surface area contributed by atoms with E-state index in [9.17, 15) is 14.3 Å². The van der Waals surface area contributed by atoms with Crippen molar-refractivity contribution in [1.29, 1.82) is 0 Å². The van der Waals surface area contributed by atoms with Gasteiger partial charge in [0.15, 0.2) is 11.6 Å². The van der Waals surface area contributed by atoms with E-state index >= 15 is 0 Å². The number of rotatable bonds is 5. The molecular formula is C22H24FN3O2. The minimum atomic E-state index is -0.709. The third-order valence-electron chi connectivity index (χ3n) is 4.91. The number of nitrogens with zero attached hydrogens (tertiary/aromatic N) is 2. The number of amides is 1. The van der Waals surface area contributed by atoms with Gasteiger partial charge in [0.05, 0.1) is 11.7 Å². The number of aromatic hydroxyl groups is 1. The molecule has 0 saturated heterocycles. The highest BCUT2D eigenvalue weighted by molar-refractivity contribution is 5.95. The van der Waals surface area contributed by atoms with Gasteiger partial charge >= 0.3 is 0 Å². The minimum Gasteiger partial charge on any atom is -0.505 e. The van der Waals surface area contributed by atoms with E-state index in [1.54, 1.807) is 19.1 Å². The first kappa shape index (κ1) is 19.6. The molecule has 0 spiro atoms. The van der Waals surface area contributed by atoms with Crippen LogP contribution in [0, 0.1) is 19.7 Å². The Bertz CT molecular complexity index is 1030. The summed E-state index contributed by atoms with van der Waals surface area (Å²) < 4.78 is 15.5. The Balaban J connectivity index is 1.84. The van der Waals surface area contributed by atoms with Crippen LogP contribution in [0.3, 0.4) is 0 Å². The lowest BCUT2D eigenvalue weighted by molar-refractivity contribution is 0.0940. The normalized spacial score (nSPS) is 12.0. The van der Waals surface area contributed by atoms with Gasteiger partial charge in [-0.2, -0.15) is 5.10 Å². The molecule has 1 atom stereocenters. The summed E-state index contributed by atoms with van der Waals surface area (Å²) in [7, 11) is 0. The molecule has 0 radical (unpaired) electrons. The Morgan fingerprint density at radius 1 is 1.25 bits per heavy atom. The molecule has 3 aromatic rings. The van der Waals surface area contributed by atoms with Crippen LogP contribution in [0.25, 0.3) is 11.1 Å². The second-order valence-electron chi connectivity index (χ2n) is 6.85. The number of aryl methyl sites for hydroxylation is 2. The van der Waals surface area contributed by atoms with Crippen LogP contribution in [-0.4, -0.2) is 20.8 Å². The van der Waals surface area contributed by atoms with Crippen molar-refractivity contribution in [3.05, 3.63) is 70.8 Å². The van der Waals surface area contributed by atoms with Crippen molar-refractivity contribution in [2.24, 2.45) is 0 Å². The van der Waals surface area contributed by atoms with Crippen LogP contribution in [-0.2, 0) is 6.54 Å². The Morgan fingerprint density at radius 2 is 2.00 bits per heavy atom. The number of nitrogens with one attached hydrogen (secondary N) is 1. The standard InChI is InChI=1S/C22H24FN3O2/c1-5-26-15(4)21(14(3)25-26)17-7-6-8-18(11-17)22(28)24-13(2)16-9-10-20(27)19(23)12-16/h6-13,27H,5H2,1-4H3,(H,24,28)/t13-/m0/s1. The average Bonchev–Trinajstić information content (AvgIpc) is 2.97. The number of phenolic OH excluding ortho intramolecular Hbond substituents is 1. The summed E-state index contributed by atoms with van der Waals surface area (Å²) in [5, 5.41) is 16.7. The molecule has 6 heteroatoms. The van der Waals surface area contributed by atoms with Gasteiger partial charge in [0.2, 0.25) is 0 Å². The first-order valence-electron chi connectivity index (χ1n) is 9.25. The summed E-state index contributed by atoms with van der Waals surface area (Å²) in [6, 6.07) is 11.1. The van der Waals surface area contributed by atoms with Gasteiger partial charge in [-0.3, -0.25) is 9.48 Å². The Hall–Kier alpha value is -3.15. The van der Waals surface area contributed by atoms with Crippen molar-refractivity contribution in [1.82, 2.24) is 15.1 Å². The first-order chi connectivity index (χ1) is 13.3. The number of carbonyl (C=O) groups excluding carboxylic acids is 1. The van der Waals surface area contributed by atoms with Gasteiger partial charge in [-0.15, -0.1) is 0 Å². The Labute approximate surface area is 163 Å². The topological polar surface area (TPSA) is 67.2 Å². The SMILES string of the molecule is CCn1nc(C)c(-c2cccc(C(=O)N[C@@H](C)c3ccc(O)c(F)c3)c2)c1C. The number of halogens is 1. The highest BCUT2D eigenvalue weighted by Crippen LogP contribution is 2.28. The van der Waals surface area contributed by atoms with E-state index in [-0.39, 0.29) is 5.91 Å². The van der Waals surface area contributed by atoms with Crippen LogP contribution in [0.1, 0.15) is 47.2 Å². The minimum absolute atomic E-state index is 0.249. The predicted molar refractivity (Wildman–Crippen MR) is 107 cm³/mol. The van der Waals surface area contributed by atoms with E-state index in [0.717, 1.165) is 29.1 Å². The summed E-state index contributed by atoms with van der Waals surface area (Å²) in [6.45, 7) is 8.58. The lowest BCUT2D eigenvalue weighted by Gasteiger charge is -2.15. The zero-order valence-electron chi connectivity index (χ0n) is 16.5. The number of phenols is 1. The molecule has 0 aliphatic heterocycles. The van der Waals surface area contributed by atoms with Crippen molar-refractivity contribution >= 4 is 5.91 Å². The Kier molecular flexibility index (Phi) is 5.49. The van der Waals surface area contributed by atoms with Crippen LogP contribution in [0.4, 0.5) is 4.39 Å². The molecule has 0 aliphatic carbocycles. The zero-order valence-corrected chi connectivity index (χ0v) is 16.5. The van der Waals surface area contributed by atoms with Crippen LogP contribution in [0.15, 0.2) is 42.5 Å². The summed E-state index contributed by atoms with van der Waals surface area (Å²) >= 11 is 0. The molecule has 3 rings (SSSR count). The maximum Gasteiger partial charge on any atom is 0.251 e. The van der Waals surface area contributed by atoms with E-state index in [1.165, 1.54) is 12.1 Å². The van der Waals surface area contributed by atoms with Crippen molar-refractivity contribution in [3.8, 4) is 16.9 Å². The molecule has 1 aromatic heterocycles. The number of aromatic nitrogens is 2. The van der Waals surface area contributed by atoms with Gasteiger partial charge in [-0.1, -0.05) is 18.2 Å². The quantitative estimate of drug-likeness (QED) is 0.683. The van der Waals surface area contributed by atoms with Crippen LogP contribution in [0.5, 0.6) is 5.75 Å². The molecule has 2 aromatic carbocycles. The highest BCUT2D eigenvalue weighted by atomic mass is 19.1. The van der Waals surface area contributed by atoms with E-state index in [4.69, 9.17) is 0 Å². The molecule has 5 nitrogen and oxygen atoms in total. The lowest BCUT2D eigenvalue weighted by Crippen LogP contribution is -2.26. The third-order valence-corrected chi connectivity index (χ3v) is 4.91. The average molecular weight is 381 g/mol. The molecule has 0 unspecified atom stereocenters. The Morgan fingerprint density at radius 3 is 2.64 bits per heavy atom. The molecule has 28 heavy (non-hydrogen) atoms. The molecular weight excluding hydrogens is 357 g/mol. The van der Waals surface area contributed by atoms with E-state index < -0.39 is 17.6 Å². The molecule has 0 aliphatic rings. The summed E-state index contributed by atoms with van der Waals surface area (Å²) in [6.07, 6.45) is 0. The number of benzene rings is 2. The molecule has 0 saturated carbocycles. The number of hydrogen-bond donors (Lipinski definition) is 2. The monoisotopic (exact) mass is 381 g/mol. The van der Waals surface area contributed by atoms with Crippen molar-refractivity contribution in [2.45, 2.75) is 40.3 Å². The third kappa shape index (κ3) is 3.76. The largest absolute Gasteiger partial charge is 0.505 e. The molecule has 1 amide bonds. The summed E-state index contributed by atoms with van der Waals surface area (Å²) in [5.41, 5.74) is 5.05. The first-order valence-corrected chi connectivity index (χ1v) is 9.25. The van der Waals surface area contributed by atoms with Crippen LogP contribution >= 0.6 is 0 Å². The van der Waals surface area contributed by atoms with Gasteiger partial charge in [0.1, 0.15) is 0 Å². The van der Waals surface area contributed by atoms with Gasteiger partial charge < -0.3 is 10.4 Å². The maximum atomic E-state index is 13.6. The second kappa shape index (κ2) is 7.84. The molecule has 0 bridgehead atoms. The lowest BCUT2D eigenvalue weighted by atomic mass is 10.0. The fourth-order valence-corrected chi connectivity index (χ4v) is 3.39. The molecule has 146 valence electrons. The van der Waals surface area contributed by atoms with Crippen LogP contribution < -0.4 is 5.32 Å². The van der Waals surface area contributed by atoms with Crippen molar-refractivity contribution in [2.75, 3.05) is 0 Å². The summed E-state index contributed by atoms with van der Waals surface area (Å²) in [5.74, 6) is -1.37. The van der Waals surface area contributed by atoms with Gasteiger partial charge in [-0.05, 0) is 63.1 Å². The fourth-order valence-electron chi connectivity index (χ4n) is 3.39. The molecule has 0 fully saturated rings. The van der Waals surface area contributed by atoms with E-state index in [1.807, 2.05) is 43.7 Å². The van der Waals surface area contributed by atoms with Crippen molar-refractivity contribution < 1.29 is 14.3 Å². The predicted octanol–water partition coefficient (Wildman–Crippen LogP) is 4.52. The van der Waals surface area contributed by atoms with Gasteiger partial charge in [0.25, 0.3) is 5.91 Å². The fraction of sp³-hybridized carbons (Fsp3) is 0.273. The van der Waals surface area contributed by atoms with E-state index in [2.05, 4.69) is 10.4 Å². The van der Waals surface area contributed by atoms with Crippen molar-refractivity contribution in [3.63, 3.8) is 0 Å². The number of hydrogen-bond acceptors (Lipinski definition) is 3. The summed E-state index contributed by atoms with van der Waals surface area (Å²) in [4.78, 5) is 12.7. The molecule has 1 heterocycles. The van der Waals surface area contributed by atoms with E-state index in [0.29, 0.717) is 11.1 Å². The zero-order chi connectivity index (χ0) is 20.4. The van der Waals surface area contributed by atoms with Crippen LogP contribution in [0.2, 0.25) is 0 Å². The highest BCUT2D eigenvalue weighted by Gasteiger charge is 2.16. The maximum absolute atomic E-state index is 13.6. The smallest absolute Gasteiger partial charge is 0.251 e. The molecule has 2 N–H and O–H groups in total. The number of carbonyl (C=O) groups is 1. The van der Waals surface area contributed by atoms with Gasteiger partial charge in [-0.25, -0.2) is 4.39 Å².